The number of piperazine rings is 1. The van der Waals surface area contributed by atoms with E-state index in [2.05, 4.69) is 26.8 Å². The maximum absolute atomic E-state index is 13.9. The van der Waals surface area contributed by atoms with Gasteiger partial charge in [-0.1, -0.05) is 12.1 Å². The van der Waals surface area contributed by atoms with E-state index in [1.165, 1.54) is 24.4 Å². The molecule has 0 N–H and O–H groups in total. The summed E-state index contributed by atoms with van der Waals surface area (Å²) >= 11 is 0. The lowest BCUT2D eigenvalue weighted by Crippen LogP contribution is -2.48. The van der Waals surface area contributed by atoms with Crippen molar-refractivity contribution in [1.82, 2.24) is 19.9 Å². The van der Waals surface area contributed by atoms with Crippen LogP contribution in [0.3, 0.4) is 0 Å². The molecule has 11 heteroatoms. The highest BCUT2D eigenvalue weighted by Gasteiger charge is 2.36. The first-order chi connectivity index (χ1) is 16.8. The van der Waals surface area contributed by atoms with E-state index in [4.69, 9.17) is 4.98 Å². The van der Waals surface area contributed by atoms with E-state index in [0.717, 1.165) is 25.5 Å². The van der Waals surface area contributed by atoms with Gasteiger partial charge in [0.1, 0.15) is 11.6 Å². The van der Waals surface area contributed by atoms with Crippen molar-refractivity contribution in [3.05, 3.63) is 54.0 Å². The molecule has 0 aliphatic carbocycles. The van der Waals surface area contributed by atoms with Crippen LogP contribution in [0, 0.1) is 5.82 Å². The third-order valence-electron chi connectivity index (χ3n) is 6.46. The lowest BCUT2D eigenvalue weighted by molar-refractivity contribution is -0.137. The van der Waals surface area contributed by atoms with Crippen LogP contribution < -0.4 is 14.7 Å². The fourth-order valence-electron chi connectivity index (χ4n) is 4.60. The number of hydrogen-bond acceptors (Lipinski definition) is 7. The quantitative estimate of drug-likeness (QED) is 0.506. The van der Waals surface area contributed by atoms with E-state index in [1.807, 2.05) is 4.90 Å². The molecule has 2 saturated heterocycles. The van der Waals surface area contributed by atoms with Gasteiger partial charge in [0.2, 0.25) is 11.9 Å². The Labute approximate surface area is 200 Å². The lowest BCUT2D eigenvalue weighted by atomic mass is 10.2. The topological polar surface area (TPSA) is 61.3 Å². The van der Waals surface area contributed by atoms with Crippen LogP contribution in [0.4, 0.5) is 35.3 Å². The van der Waals surface area contributed by atoms with Crippen molar-refractivity contribution in [2.24, 2.45) is 0 Å². The van der Waals surface area contributed by atoms with Crippen molar-refractivity contribution in [1.29, 1.82) is 0 Å². The molecule has 4 heterocycles. The Morgan fingerprint density at radius 2 is 1.63 bits per heavy atom. The van der Waals surface area contributed by atoms with Crippen LogP contribution >= 0.6 is 0 Å². The minimum absolute atomic E-state index is 0.0673. The molecule has 1 unspecified atom stereocenters. The van der Waals surface area contributed by atoms with Gasteiger partial charge in [0.15, 0.2) is 5.82 Å². The molecular weight excluding hydrogens is 462 g/mol. The first-order valence-corrected chi connectivity index (χ1v) is 11.6. The summed E-state index contributed by atoms with van der Waals surface area (Å²) in [6.45, 7) is 4.42. The Balaban J connectivity index is 1.43. The van der Waals surface area contributed by atoms with E-state index in [-0.39, 0.29) is 17.7 Å². The second-order valence-electron chi connectivity index (χ2n) is 8.80. The van der Waals surface area contributed by atoms with Crippen molar-refractivity contribution in [2.45, 2.75) is 32.0 Å². The number of halogens is 4. The zero-order valence-corrected chi connectivity index (χ0v) is 19.2. The Kier molecular flexibility index (Phi) is 6.16. The first-order valence-electron chi connectivity index (χ1n) is 11.6. The van der Waals surface area contributed by atoms with E-state index in [0.29, 0.717) is 49.5 Å². The number of aromatic nitrogens is 4. The predicted octanol–water partition coefficient (Wildman–Crippen LogP) is 4.41. The molecule has 184 valence electrons. The van der Waals surface area contributed by atoms with Crippen LogP contribution in [-0.4, -0.2) is 58.7 Å². The minimum Gasteiger partial charge on any atom is -0.353 e. The number of nitrogens with zero attached hydrogens (tertiary/aromatic N) is 7. The summed E-state index contributed by atoms with van der Waals surface area (Å²) in [7, 11) is 0. The van der Waals surface area contributed by atoms with Gasteiger partial charge in [-0.3, -0.25) is 0 Å². The number of alkyl halides is 3. The molecule has 0 saturated carbocycles. The van der Waals surface area contributed by atoms with Crippen LogP contribution in [0.25, 0.3) is 11.4 Å². The fourth-order valence-corrected chi connectivity index (χ4v) is 4.60. The number of hydrogen-bond donors (Lipinski definition) is 0. The number of anilines is 3. The zero-order chi connectivity index (χ0) is 24.6. The van der Waals surface area contributed by atoms with Gasteiger partial charge in [-0.05, 0) is 44.0 Å². The summed E-state index contributed by atoms with van der Waals surface area (Å²) in [6, 6.07) is 8.72. The second kappa shape index (κ2) is 9.27. The first kappa shape index (κ1) is 23.3. The molecule has 0 amide bonds. The van der Waals surface area contributed by atoms with E-state index in [9.17, 15) is 17.6 Å². The average Bonchev–Trinajstić information content (AvgIpc) is 3.29. The fraction of sp³-hybridized carbons (Fsp3) is 0.417. The monoisotopic (exact) mass is 487 g/mol. The van der Waals surface area contributed by atoms with Gasteiger partial charge in [-0.25, -0.2) is 9.37 Å². The number of rotatable bonds is 4. The highest BCUT2D eigenvalue weighted by atomic mass is 19.4. The summed E-state index contributed by atoms with van der Waals surface area (Å²) in [5, 5.41) is 0. The molecule has 3 aromatic rings. The minimum atomic E-state index is -4.48. The van der Waals surface area contributed by atoms with Gasteiger partial charge in [0, 0.05) is 50.5 Å². The third-order valence-corrected chi connectivity index (χ3v) is 6.46. The average molecular weight is 488 g/mol. The van der Waals surface area contributed by atoms with Crippen LogP contribution in [-0.2, 0) is 6.18 Å². The largest absolute Gasteiger partial charge is 0.419 e. The summed E-state index contributed by atoms with van der Waals surface area (Å²) < 4.78 is 54.3. The highest BCUT2D eigenvalue weighted by Crippen LogP contribution is 2.35. The van der Waals surface area contributed by atoms with Crippen molar-refractivity contribution >= 4 is 17.7 Å². The SMILES string of the molecule is CC1CCCN1c1nc(-c2cccc(F)c2)nc(N2CCN(c3ncccc3C(F)(F)F)CC2)n1. The maximum Gasteiger partial charge on any atom is 0.419 e. The molecule has 7 nitrogen and oxygen atoms in total. The molecule has 1 aromatic carbocycles. The van der Waals surface area contributed by atoms with Gasteiger partial charge in [-0.2, -0.15) is 28.1 Å². The normalized spacial score (nSPS) is 18.9. The van der Waals surface area contributed by atoms with E-state index >= 15 is 0 Å². The Morgan fingerprint density at radius 1 is 0.886 bits per heavy atom. The van der Waals surface area contributed by atoms with Crippen molar-refractivity contribution in [2.75, 3.05) is 47.4 Å². The van der Waals surface area contributed by atoms with Gasteiger partial charge < -0.3 is 14.7 Å². The zero-order valence-electron chi connectivity index (χ0n) is 19.2. The van der Waals surface area contributed by atoms with Crippen molar-refractivity contribution < 1.29 is 17.6 Å². The maximum atomic E-state index is 13.9. The molecule has 2 aliphatic rings. The molecule has 0 bridgehead atoms. The molecule has 1 atom stereocenters. The molecule has 0 spiro atoms. The standard InChI is InChI=1S/C24H25F4N7/c1-16-5-4-10-35(16)23-31-20(17-6-2-7-18(25)15-17)30-22(32-23)34-13-11-33(12-14-34)21-19(24(26,27)28)8-3-9-29-21/h2-3,6-9,15-16H,4-5,10-14H2,1H3. The summed E-state index contributed by atoms with van der Waals surface area (Å²) in [4.78, 5) is 23.7. The smallest absolute Gasteiger partial charge is 0.353 e. The molecular formula is C24H25F4N7. The molecule has 5 rings (SSSR count). The molecule has 2 fully saturated rings. The van der Waals surface area contributed by atoms with Gasteiger partial charge in [0.25, 0.3) is 0 Å². The Morgan fingerprint density at radius 3 is 2.31 bits per heavy atom. The van der Waals surface area contributed by atoms with Crippen LogP contribution in [0.5, 0.6) is 0 Å². The van der Waals surface area contributed by atoms with Crippen LogP contribution in [0.2, 0.25) is 0 Å². The molecule has 2 aliphatic heterocycles. The Hall–Kier alpha value is -3.50. The summed E-state index contributed by atoms with van der Waals surface area (Å²) in [6.07, 6.45) is -1.05. The third kappa shape index (κ3) is 4.85. The predicted molar refractivity (Wildman–Crippen MR) is 125 cm³/mol. The van der Waals surface area contributed by atoms with E-state index in [1.54, 1.807) is 17.0 Å². The highest BCUT2D eigenvalue weighted by molar-refractivity contribution is 5.59. The summed E-state index contributed by atoms with van der Waals surface area (Å²) in [5.41, 5.74) is -0.198. The van der Waals surface area contributed by atoms with Gasteiger partial charge in [0.05, 0.1) is 5.56 Å². The number of benzene rings is 1. The van der Waals surface area contributed by atoms with Gasteiger partial charge in [-0.15, -0.1) is 0 Å². The van der Waals surface area contributed by atoms with Crippen LogP contribution in [0.15, 0.2) is 42.6 Å². The van der Waals surface area contributed by atoms with E-state index < -0.39 is 11.7 Å². The second-order valence-corrected chi connectivity index (χ2v) is 8.80. The number of pyridine rings is 1. The molecule has 0 radical (unpaired) electrons. The van der Waals surface area contributed by atoms with Crippen molar-refractivity contribution in [3.63, 3.8) is 0 Å². The van der Waals surface area contributed by atoms with Crippen LogP contribution in [0.1, 0.15) is 25.3 Å². The Bertz CT molecular complexity index is 1190. The molecule has 35 heavy (non-hydrogen) atoms. The molecule has 2 aromatic heterocycles. The van der Waals surface area contributed by atoms with Crippen molar-refractivity contribution in [3.8, 4) is 11.4 Å². The summed E-state index contributed by atoms with van der Waals surface area (Å²) in [5.74, 6) is 0.887. The van der Waals surface area contributed by atoms with Gasteiger partial charge >= 0.3 is 6.18 Å². The lowest BCUT2D eigenvalue weighted by Gasteiger charge is -2.36.